The first-order valence-corrected chi connectivity index (χ1v) is 8.71. The van der Waals surface area contributed by atoms with E-state index in [1.807, 2.05) is 17.5 Å². The normalized spacial score (nSPS) is 39.0. The minimum Gasteiger partial charge on any atom is -0.447 e. The predicted molar refractivity (Wildman–Crippen MR) is 83.4 cm³/mol. The Hall–Kier alpha value is -2.40. The number of hydrogen-bond donors (Lipinski definition) is 1. The molecule has 1 N–H and O–H groups in total. The highest BCUT2D eigenvalue weighted by Gasteiger charge is 2.80. The fourth-order valence-corrected chi connectivity index (χ4v) is 5.36. The van der Waals surface area contributed by atoms with Crippen LogP contribution in [-0.2, 0) is 9.47 Å². The molecule has 3 saturated heterocycles. The van der Waals surface area contributed by atoms with Crippen molar-refractivity contribution < 1.29 is 9.47 Å². The molecule has 3 aliphatic heterocycles. The van der Waals surface area contributed by atoms with Crippen LogP contribution in [0.1, 0.15) is 36.7 Å². The molecular formula is C17H14N4O2S. The molecule has 24 heavy (non-hydrogen) atoms. The first kappa shape index (κ1) is 15.1. The van der Waals surface area contributed by atoms with E-state index in [0.29, 0.717) is 12.8 Å². The van der Waals surface area contributed by atoms with Gasteiger partial charge in [0, 0.05) is 11.3 Å². The molecule has 1 aromatic rings. The summed E-state index contributed by atoms with van der Waals surface area (Å²) in [5, 5.41) is 40.3. The molecule has 0 unspecified atom stereocenters. The van der Waals surface area contributed by atoms with Gasteiger partial charge in [0.2, 0.25) is 11.7 Å². The Balaban J connectivity index is 2.03. The van der Waals surface area contributed by atoms with E-state index in [1.54, 1.807) is 0 Å². The molecule has 120 valence electrons. The van der Waals surface area contributed by atoms with Crippen LogP contribution in [0, 0.1) is 56.2 Å². The third-order valence-electron chi connectivity index (χ3n) is 5.62. The summed E-state index contributed by atoms with van der Waals surface area (Å²) in [6, 6.07) is 10.0. The van der Waals surface area contributed by atoms with Gasteiger partial charge in [-0.25, -0.2) is 0 Å². The van der Waals surface area contributed by atoms with Gasteiger partial charge < -0.3 is 9.47 Å². The second kappa shape index (κ2) is 4.80. The second-order valence-corrected chi connectivity index (χ2v) is 7.49. The lowest BCUT2D eigenvalue weighted by atomic mass is 9.49. The Morgan fingerprint density at radius 1 is 1.21 bits per heavy atom. The number of nitrogens with one attached hydrogen (secondary N) is 1. The van der Waals surface area contributed by atoms with Crippen molar-refractivity contribution in [3.05, 3.63) is 22.4 Å². The zero-order chi connectivity index (χ0) is 17.0. The van der Waals surface area contributed by atoms with E-state index in [1.165, 1.54) is 11.3 Å². The Bertz CT molecular complexity index is 816. The van der Waals surface area contributed by atoms with Crippen LogP contribution in [0.2, 0.25) is 0 Å². The summed E-state index contributed by atoms with van der Waals surface area (Å²) >= 11 is 1.40. The Morgan fingerprint density at radius 2 is 2.00 bits per heavy atom. The molecular weight excluding hydrogens is 324 g/mol. The average molecular weight is 338 g/mol. The number of nitrogens with zero attached hydrogens (tertiary/aromatic N) is 3. The second-order valence-electron chi connectivity index (χ2n) is 6.51. The Kier molecular flexibility index (Phi) is 3.03. The lowest BCUT2D eigenvalue weighted by molar-refractivity contribution is -0.360. The van der Waals surface area contributed by atoms with Crippen molar-refractivity contribution in [1.82, 2.24) is 0 Å². The van der Waals surface area contributed by atoms with Gasteiger partial charge >= 0.3 is 0 Å². The zero-order valence-electron chi connectivity index (χ0n) is 12.8. The van der Waals surface area contributed by atoms with E-state index >= 15 is 0 Å². The largest absolute Gasteiger partial charge is 0.447 e. The minimum atomic E-state index is -1.74. The highest BCUT2D eigenvalue weighted by Crippen LogP contribution is 2.69. The van der Waals surface area contributed by atoms with E-state index < -0.39 is 28.6 Å². The van der Waals surface area contributed by atoms with E-state index in [4.69, 9.17) is 14.9 Å². The number of thiophene rings is 1. The van der Waals surface area contributed by atoms with Gasteiger partial charge in [-0.1, -0.05) is 12.5 Å². The van der Waals surface area contributed by atoms with Crippen LogP contribution >= 0.6 is 11.3 Å². The summed E-state index contributed by atoms with van der Waals surface area (Å²) in [6.07, 6.45) is 1.96. The fraction of sp³-hybridized carbons (Fsp3) is 0.529. The van der Waals surface area contributed by atoms with Gasteiger partial charge in [0.1, 0.15) is 6.10 Å². The standard InChI is InChI=1S/C17H14N4O2S/c18-8-15(9-19)12-5-1-2-6-17(12)22-13(11-4-3-7-24-11)16(15,10-20)14(21)23-17/h3-4,7,12-13,21H,1-2,5-6H2/t12-,13-,16-,17+/m1/s1. The van der Waals surface area contributed by atoms with Crippen molar-refractivity contribution in [2.45, 2.75) is 37.6 Å². The molecule has 4 fully saturated rings. The molecule has 1 aliphatic carbocycles. The zero-order valence-corrected chi connectivity index (χ0v) is 13.6. The molecule has 4 heterocycles. The number of fused-ring (bicyclic) bond motifs is 2. The summed E-state index contributed by atoms with van der Waals surface area (Å²) in [7, 11) is 0. The smallest absolute Gasteiger partial charge is 0.218 e. The monoisotopic (exact) mass is 338 g/mol. The van der Waals surface area contributed by atoms with E-state index in [9.17, 15) is 15.8 Å². The van der Waals surface area contributed by atoms with Crippen LogP contribution in [0.4, 0.5) is 0 Å². The molecule has 7 heteroatoms. The average Bonchev–Trinajstić information content (AvgIpc) is 3.14. The Labute approximate surface area is 143 Å². The maximum Gasteiger partial charge on any atom is 0.218 e. The van der Waals surface area contributed by atoms with Crippen LogP contribution in [0.25, 0.3) is 0 Å². The molecule has 5 rings (SSSR count). The molecule has 1 saturated carbocycles. The predicted octanol–water partition coefficient (Wildman–Crippen LogP) is 3.26. The van der Waals surface area contributed by atoms with Gasteiger partial charge in [-0.05, 0) is 24.3 Å². The third kappa shape index (κ3) is 1.44. The van der Waals surface area contributed by atoms with Crippen LogP contribution < -0.4 is 0 Å². The molecule has 0 amide bonds. The van der Waals surface area contributed by atoms with Gasteiger partial charge in [-0.3, -0.25) is 5.41 Å². The SMILES string of the molecule is N#CC1(C#N)[C@H]2CCCC[C@]23OC(=N)[C@@]1(C#N)[C@@H](c1cccs1)O3. The minimum absolute atomic E-state index is 0.309. The quantitative estimate of drug-likeness (QED) is 0.844. The van der Waals surface area contributed by atoms with Gasteiger partial charge in [-0.2, -0.15) is 15.8 Å². The number of rotatable bonds is 1. The van der Waals surface area contributed by atoms with Gasteiger partial charge in [0.15, 0.2) is 10.8 Å². The van der Waals surface area contributed by atoms with Crippen LogP contribution in [-0.4, -0.2) is 11.7 Å². The summed E-state index contributed by atoms with van der Waals surface area (Å²) < 4.78 is 12.1. The first-order valence-electron chi connectivity index (χ1n) is 7.83. The first-order chi connectivity index (χ1) is 11.6. The van der Waals surface area contributed by atoms with Gasteiger partial charge in [0.05, 0.1) is 24.1 Å². The molecule has 6 nitrogen and oxygen atoms in total. The van der Waals surface area contributed by atoms with Crippen molar-refractivity contribution in [3.63, 3.8) is 0 Å². The summed E-state index contributed by atoms with van der Waals surface area (Å²) in [4.78, 5) is 0.739. The summed E-state index contributed by atoms with van der Waals surface area (Å²) in [5.41, 5.74) is -3.39. The maximum absolute atomic E-state index is 10.0. The molecule has 0 radical (unpaired) electrons. The topological polar surface area (TPSA) is 114 Å². The lowest BCUT2D eigenvalue weighted by Gasteiger charge is -2.63. The van der Waals surface area contributed by atoms with Gasteiger partial charge in [0.25, 0.3) is 0 Å². The molecule has 1 aromatic heterocycles. The molecule has 0 aromatic carbocycles. The van der Waals surface area contributed by atoms with Crippen LogP contribution in [0.5, 0.6) is 0 Å². The molecule has 1 spiro atoms. The van der Waals surface area contributed by atoms with Gasteiger partial charge in [-0.15, -0.1) is 11.3 Å². The molecule has 2 bridgehead atoms. The van der Waals surface area contributed by atoms with E-state index in [-0.39, 0.29) is 5.90 Å². The summed E-state index contributed by atoms with van der Waals surface area (Å²) in [5.74, 6) is -2.00. The maximum atomic E-state index is 10.0. The van der Waals surface area contributed by atoms with Crippen LogP contribution in [0.3, 0.4) is 0 Å². The van der Waals surface area contributed by atoms with E-state index in [2.05, 4.69) is 18.2 Å². The summed E-state index contributed by atoms with van der Waals surface area (Å²) in [6.45, 7) is 0. The van der Waals surface area contributed by atoms with Crippen molar-refractivity contribution >= 4 is 17.2 Å². The third-order valence-corrected chi connectivity index (χ3v) is 6.53. The van der Waals surface area contributed by atoms with Crippen molar-refractivity contribution in [2.75, 3.05) is 0 Å². The van der Waals surface area contributed by atoms with Crippen LogP contribution in [0.15, 0.2) is 17.5 Å². The molecule has 4 aliphatic rings. The number of hydrogen-bond acceptors (Lipinski definition) is 7. The Morgan fingerprint density at radius 3 is 2.62 bits per heavy atom. The van der Waals surface area contributed by atoms with E-state index in [0.717, 1.165) is 17.7 Å². The van der Waals surface area contributed by atoms with Crippen molar-refractivity contribution in [3.8, 4) is 18.2 Å². The lowest BCUT2D eigenvalue weighted by Crippen LogP contribution is -2.73. The number of ether oxygens (including phenoxy) is 2. The number of nitriles is 3. The van der Waals surface area contributed by atoms with Crippen molar-refractivity contribution in [1.29, 1.82) is 21.2 Å². The van der Waals surface area contributed by atoms with Crippen molar-refractivity contribution in [2.24, 2.45) is 16.7 Å². The highest BCUT2D eigenvalue weighted by molar-refractivity contribution is 7.10. The molecule has 4 atom stereocenters. The fourth-order valence-electron chi connectivity index (χ4n) is 4.54. The highest BCUT2D eigenvalue weighted by atomic mass is 32.1.